The fourth-order valence-electron chi connectivity index (χ4n) is 3.39. The lowest BCUT2D eigenvalue weighted by atomic mass is 10.0. The van der Waals surface area contributed by atoms with E-state index in [1.54, 1.807) is 0 Å². The topological polar surface area (TPSA) is 9.23 Å². The summed E-state index contributed by atoms with van der Waals surface area (Å²) in [7, 11) is 0. The van der Waals surface area contributed by atoms with Crippen LogP contribution in [0.2, 0.25) is 0 Å². The van der Waals surface area contributed by atoms with Gasteiger partial charge in [0.2, 0.25) is 0 Å². The maximum atomic E-state index is 6.11. The molecule has 2 aliphatic rings. The Kier molecular flexibility index (Phi) is 3.07. The number of benzene rings is 2. The van der Waals surface area contributed by atoms with Crippen molar-refractivity contribution in [1.82, 2.24) is 0 Å². The second-order valence-corrected chi connectivity index (χ2v) is 6.30. The van der Waals surface area contributed by atoms with Crippen molar-refractivity contribution >= 4 is 12.2 Å². The van der Waals surface area contributed by atoms with Gasteiger partial charge in [-0.3, -0.25) is 0 Å². The molecule has 0 amide bonds. The second-order valence-electron chi connectivity index (χ2n) is 6.30. The molecule has 0 bridgehead atoms. The lowest BCUT2D eigenvalue weighted by Crippen LogP contribution is -2.15. The van der Waals surface area contributed by atoms with E-state index in [9.17, 15) is 0 Å². The normalized spacial score (nSPS) is 17.9. The molecule has 0 unspecified atom stereocenters. The average Bonchev–Trinajstić information content (AvgIpc) is 2.98. The Bertz CT molecular complexity index is 795. The summed E-state index contributed by atoms with van der Waals surface area (Å²) < 4.78 is 6.11. The summed E-state index contributed by atoms with van der Waals surface area (Å²) in [4.78, 5) is 0. The summed E-state index contributed by atoms with van der Waals surface area (Å²) in [6, 6.07) is 13.0. The van der Waals surface area contributed by atoms with Gasteiger partial charge >= 0.3 is 0 Å². The lowest BCUT2D eigenvalue weighted by Gasteiger charge is -2.15. The molecule has 1 heterocycles. The van der Waals surface area contributed by atoms with E-state index in [0.717, 1.165) is 17.4 Å². The summed E-state index contributed by atoms with van der Waals surface area (Å²) in [6.07, 6.45) is 10.1. The van der Waals surface area contributed by atoms with Gasteiger partial charge in [-0.2, -0.15) is 0 Å². The summed E-state index contributed by atoms with van der Waals surface area (Å²) >= 11 is 0. The van der Waals surface area contributed by atoms with Crippen molar-refractivity contribution in [3.05, 3.63) is 58.0 Å². The minimum Gasteiger partial charge on any atom is -0.456 e. The highest BCUT2D eigenvalue weighted by Gasteiger charge is 2.13. The molecule has 2 aromatic rings. The predicted molar refractivity (Wildman–Crippen MR) is 86.9 cm³/mol. The monoisotopic (exact) mass is 276 g/mol. The highest BCUT2D eigenvalue weighted by molar-refractivity contribution is 5.63. The van der Waals surface area contributed by atoms with Crippen LogP contribution in [0.1, 0.15) is 36.8 Å². The molecule has 1 nitrogen and oxygen atoms in total. The molecule has 1 heteroatoms. The Balaban J connectivity index is 1.77. The second kappa shape index (κ2) is 5.07. The first kappa shape index (κ1) is 12.7. The fourth-order valence-corrected chi connectivity index (χ4v) is 3.39. The molecule has 2 aromatic carbocycles. The maximum absolute atomic E-state index is 6.11. The van der Waals surface area contributed by atoms with Gasteiger partial charge in [-0.25, -0.2) is 0 Å². The smallest absolute Gasteiger partial charge is 0.135 e. The third-order valence-corrected chi connectivity index (χ3v) is 4.57. The quantitative estimate of drug-likeness (QED) is 0.655. The van der Waals surface area contributed by atoms with E-state index in [1.165, 1.54) is 47.2 Å². The maximum Gasteiger partial charge on any atom is 0.135 e. The van der Waals surface area contributed by atoms with Crippen LogP contribution in [0.4, 0.5) is 0 Å². The largest absolute Gasteiger partial charge is 0.456 e. The van der Waals surface area contributed by atoms with E-state index < -0.39 is 0 Å². The molecule has 4 rings (SSSR count). The van der Waals surface area contributed by atoms with Crippen LogP contribution in [0.5, 0.6) is 11.5 Å². The number of hydrogen-bond acceptors (Lipinski definition) is 1. The molecule has 21 heavy (non-hydrogen) atoms. The molecule has 1 aliphatic heterocycles. The van der Waals surface area contributed by atoms with Crippen LogP contribution in [-0.4, -0.2) is 0 Å². The molecule has 1 saturated carbocycles. The first-order valence-corrected chi connectivity index (χ1v) is 7.90. The van der Waals surface area contributed by atoms with E-state index in [2.05, 4.69) is 55.5 Å². The van der Waals surface area contributed by atoms with Gasteiger partial charge in [-0.05, 0) is 54.7 Å². The lowest BCUT2D eigenvalue weighted by molar-refractivity contribution is 0.472. The molecule has 0 atom stereocenters. The van der Waals surface area contributed by atoms with Gasteiger partial charge in [0.1, 0.15) is 11.5 Å². The summed E-state index contributed by atoms with van der Waals surface area (Å²) in [5, 5.41) is 2.47. The number of fused-ring (bicyclic) bond motifs is 2. The van der Waals surface area contributed by atoms with Gasteiger partial charge < -0.3 is 4.74 Å². The first-order valence-electron chi connectivity index (χ1n) is 7.90. The Labute approximate surface area is 125 Å². The highest BCUT2D eigenvalue weighted by atomic mass is 16.5. The molecule has 0 aromatic heterocycles. The third-order valence-electron chi connectivity index (χ3n) is 4.57. The van der Waals surface area contributed by atoms with E-state index in [-0.39, 0.29) is 0 Å². The van der Waals surface area contributed by atoms with Gasteiger partial charge in [0.05, 0.1) is 0 Å². The van der Waals surface area contributed by atoms with Crippen LogP contribution < -0.4 is 15.2 Å². The average molecular weight is 276 g/mol. The zero-order valence-electron chi connectivity index (χ0n) is 12.4. The molecular formula is C20H20O. The van der Waals surface area contributed by atoms with Gasteiger partial charge in [0, 0.05) is 10.8 Å². The van der Waals surface area contributed by atoms with Crippen LogP contribution in [0.3, 0.4) is 0 Å². The van der Waals surface area contributed by atoms with Gasteiger partial charge in [0.15, 0.2) is 0 Å². The molecule has 0 N–H and O–H groups in total. The van der Waals surface area contributed by atoms with E-state index in [4.69, 9.17) is 4.74 Å². The zero-order valence-corrected chi connectivity index (χ0v) is 12.4. The Morgan fingerprint density at radius 3 is 2.71 bits per heavy atom. The number of ether oxygens (including phenoxy) is 1. The number of hydrogen-bond donors (Lipinski definition) is 0. The summed E-state index contributed by atoms with van der Waals surface area (Å²) in [5.74, 6) is 2.71. The molecule has 0 spiro atoms. The van der Waals surface area contributed by atoms with Crippen molar-refractivity contribution in [2.45, 2.75) is 32.6 Å². The Hall–Kier alpha value is -2.02. The zero-order chi connectivity index (χ0) is 14.2. The molecule has 0 saturated heterocycles. The summed E-state index contributed by atoms with van der Waals surface area (Å²) in [6.45, 7) is 2.10. The number of aryl methyl sites for hydroxylation is 1. The summed E-state index contributed by atoms with van der Waals surface area (Å²) in [5.41, 5.74) is 2.40. The van der Waals surface area contributed by atoms with Crippen molar-refractivity contribution in [3.63, 3.8) is 0 Å². The molecule has 0 radical (unpaired) electrons. The fraction of sp³-hybridized carbons (Fsp3) is 0.300. The van der Waals surface area contributed by atoms with Crippen molar-refractivity contribution in [3.8, 4) is 11.5 Å². The van der Waals surface area contributed by atoms with Crippen LogP contribution in [0.15, 0.2) is 36.4 Å². The third kappa shape index (κ3) is 2.49. The molecular weight excluding hydrogens is 256 g/mol. The Morgan fingerprint density at radius 2 is 1.86 bits per heavy atom. The van der Waals surface area contributed by atoms with Crippen molar-refractivity contribution in [1.29, 1.82) is 0 Å². The SMILES string of the molecule is Cc1ccc2c(c1)Oc1cc(=CC3CCCC3)ccc1=C2. The highest BCUT2D eigenvalue weighted by Crippen LogP contribution is 2.29. The number of rotatable bonds is 1. The molecule has 1 aliphatic carbocycles. The predicted octanol–water partition coefficient (Wildman–Crippen LogP) is 3.90. The van der Waals surface area contributed by atoms with Crippen LogP contribution in [0, 0.1) is 12.8 Å². The minimum absolute atomic E-state index is 0.755. The minimum atomic E-state index is 0.755. The van der Waals surface area contributed by atoms with E-state index in [1.807, 2.05) is 0 Å². The van der Waals surface area contributed by atoms with Gasteiger partial charge in [-0.1, -0.05) is 43.2 Å². The Morgan fingerprint density at radius 1 is 1.00 bits per heavy atom. The van der Waals surface area contributed by atoms with Crippen molar-refractivity contribution in [2.24, 2.45) is 5.92 Å². The first-order chi connectivity index (χ1) is 10.3. The van der Waals surface area contributed by atoms with E-state index in [0.29, 0.717) is 0 Å². The van der Waals surface area contributed by atoms with Crippen LogP contribution in [0.25, 0.3) is 12.2 Å². The van der Waals surface area contributed by atoms with Crippen LogP contribution in [-0.2, 0) is 0 Å². The van der Waals surface area contributed by atoms with E-state index >= 15 is 0 Å². The molecule has 106 valence electrons. The van der Waals surface area contributed by atoms with Crippen molar-refractivity contribution in [2.75, 3.05) is 0 Å². The molecule has 1 fully saturated rings. The standard InChI is InChI=1S/C20H20O/c1-14-6-8-17-13-18-9-7-16(11-15-4-2-3-5-15)12-20(18)21-19(17)10-14/h6-13,15H,2-5H2,1H3. The van der Waals surface area contributed by atoms with Crippen molar-refractivity contribution < 1.29 is 4.74 Å². The van der Waals surface area contributed by atoms with Crippen LogP contribution >= 0.6 is 0 Å². The van der Waals surface area contributed by atoms with Gasteiger partial charge in [0.25, 0.3) is 0 Å². The van der Waals surface area contributed by atoms with Gasteiger partial charge in [-0.15, -0.1) is 0 Å².